The van der Waals surface area contributed by atoms with Gasteiger partial charge in [0.15, 0.2) is 0 Å². The van der Waals surface area contributed by atoms with Crippen molar-refractivity contribution in [2.75, 3.05) is 0 Å². The fourth-order valence-corrected chi connectivity index (χ4v) is 8.80. The van der Waals surface area contributed by atoms with Crippen LogP contribution in [-0.2, 0) is 10.0 Å². The van der Waals surface area contributed by atoms with Crippen LogP contribution in [0.25, 0.3) is 72.3 Å². The molecule has 0 saturated heterocycles. The second-order valence-corrected chi connectivity index (χ2v) is 13.1. The van der Waals surface area contributed by atoms with Gasteiger partial charge in [-0.15, -0.1) is 0 Å². The van der Waals surface area contributed by atoms with Gasteiger partial charge in [0, 0.05) is 21.9 Å². The van der Waals surface area contributed by atoms with Crippen molar-refractivity contribution in [1.82, 2.24) is 8.54 Å². The zero-order valence-corrected chi connectivity index (χ0v) is 24.9. The molecule has 8 aromatic rings. The molecule has 0 amide bonds. The lowest BCUT2D eigenvalue weighted by atomic mass is 9.96. The fourth-order valence-electron chi connectivity index (χ4n) is 7.07. The summed E-state index contributed by atoms with van der Waals surface area (Å²) < 4.78 is 34.1. The summed E-state index contributed by atoms with van der Waals surface area (Å²) >= 11 is 0. The van der Waals surface area contributed by atoms with Crippen LogP contribution in [0.1, 0.15) is 0 Å². The standard InChI is InChI=1S/C40H26N2O2S/c43-45(44)34-24-14-13-23-33(34)41-37(29-19-9-3-10-20-29)35(27-15-5-1-6-16-27)31-25-26-32-36(28-17-7-2-8-18-28)38(30-21-11-4-12-22-30)42(45)40(32)39(31)41/h1-26H. The number of fused-ring (bicyclic) bond motifs is 2. The van der Waals surface area contributed by atoms with E-state index >= 15 is 8.42 Å². The SMILES string of the molecule is O=S1(=O)c2ccccc2-n2c(-c3ccccc3)c(-c3ccccc3)c3ccc4c(-c5ccccc5)c(-c5ccccc5)n1c4c32. The van der Waals surface area contributed by atoms with Gasteiger partial charge in [0.05, 0.1) is 28.1 Å². The predicted octanol–water partition coefficient (Wildman–Crippen LogP) is 9.80. The molecule has 0 spiro atoms. The van der Waals surface area contributed by atoms with Crippen LogP contribution in [0.3, 0.4) is 0 Å². The molecule has 5 heteroatoms. The van der Waals surface area contributed by atoms with Crippen LogP contribution in [-0.4, -0.2) is 17.0 Å². The summed E-state index contributed by atoms with van der Waals surface area (Å²) in [5.41, 5.74) is 9.69. The average molecular weight is 599 g/mol. The normalized spacial score (nSPS) is 13.2. The molecule has 0 N–H and O–H groups in total. The molecule has 0 radical (unpaired) electrons. The van der Waals surface area contributed by atoms with Gasteiger partial charge in [-0.3, -0.25) is 0 Å². The number of hydrogen-bond donors (Lipinski definition) is 0. The van der Waals surface area contributed by atoms with E-state index in [4.69, 9.17) is 0 Å². The van der Waals surface area contributed by atoms with Gasteiger partial charge >= 0.3 is 0 Å². The first-order valence-corrected chi connectivity index (χ1v) is 16.4. The third-order valence-corrected chi connectivity index (χ3v) is 10.6. The third kappa shape index (κ3) is 3.62. The lowest BCUT2D eigenvalue weighted by Crippen LogP contribution is -2.15. The van der Waals surface area contributed by atoms with Gasteiger partial charge in [0.1, 0.15) is 4.90 Å². The van der Waals surface area contributed by atoms with Crippen LogP contribution in [0.2, 0.25) is 0 Å². The van der Waals surface area contributed by atoms with Crippen LogP contribution in [0.5, 0.6) is 0 Å². The summed E-state index contributed by atoms with van der Waals surface area (Å²) in [4.78, 5) is 0.267. The highest BCUT2D eigenvalue weighted by atomic mass is 32.2. The van der Waals surface area contributed by atoms with Crippen molar-refractivity contribution in [2.45, 2.75) is 4.90 Å². The molecule has 9 rings (SSSR count). The molecule has 6 aromatic carbocycles. The van der Waals surface area contributed by atoms with Crippen molar-refractivity contribution >= 4 is 31.8 Å². The van der Waals surface area contributed by atoms with Crippen molar-refractivity contribution in [3.8, 4) is 50.5 Å². The Morgan fingerprint density at radius 3 is 1.38 bits per heavy atom. The maximum atomic E-state index is 15.1. The van der Waals surface area contributed by atoms with Crippen LogP contribution in [0.15, 0.2) is 163 Å². The van der Waals surface area contributed by atoms with E-state index in [0.29, 0.717) is 16.9 Å². The molecular formula is C40H26N2O2S. The summed E-state index contributed by atoms with van der Waals surface area (Å²) in [6, 6.07) is 52.4. The summed E-state index contributed by atoms with van der Waals surface area (Å²) in [6.45, 7) is 0. The number of nitrogens with zero attached hydrogens (tertiary/aromatic N) is 2. The Kier molecular flexibility index (Phi) is 5.55. The zero-order chi connectivity index (χ0) is 30.1. The van der Waals surface area contributed by atoms with Crippen LogP contribution in [0.4, 0.5) is 0 Å². The first-order valence-electron chi connectivity index (χ1n) is 15.0. The van der Waals surface area contributed by atoms with E-state index < -0.39 is 10.0 Å². The summed E-state index contributed by atoms with van der Waals surface area (Å²) in [5, 5.41) is 1.89. The molecule has 2 aromatic heterocycles. The molecule has 0 bridgehead atoms. The second kappa shape index (κ2) is 9.68. The van der Waals surface area contributed by atoms with E-state index in [1.165, 1.54) is 0 Å². The van der Waals surface area contributed by atoms with Crippen molar-refractivity contribution in [3.05, 3.63) is 158 Å². The molecule has 0 fully saturated rings. The zero-order valence-electron chi connectivity index (χ0n) is 24.1. The first-order chi connectivity index (χ1) is 22.1. The van der Waals surface area contributed by atoms with E-state index in [1.807, 2.05) is 91.0 Å². The molecule has 0 atom stereocenters. The minimum atomic E-state index is -4.06. The topological polar surface area (TPSA) is 44.0 Å². The van der Waals surface area contributed by atoms with Crippen LogP contribution >= 0.6 is 0 Å². The number of aromatic nitrogens is 2. The van der Waals surface area contributed by atoms with E-state index in [2.05, 4.69) is 65.2 Å². The number of rotatable bonds is 4. The van der Waals surface area contributed by atoms with Crippen molar-refractivity contribution in [3.63, 3.8) is 0 Å². The van der Waals surface area contributed by atoms with Gasteiger partial charge in [-0.05, 0) is 34.4 Å². The minimum Gasteiger partial charge on any atom is -0.305 e. The predicted molar refractivity (Wildman–Crippen MR) is 183 cm³/mol. The summed E-state index contributed by atoms with van der Waals surface area (Å²) in [7, 11) is -4.06. The Morgan fingerprint density at radius 1 is 0.400 bits per heavy atom. The summed E-state index contributed by atoms with van der Waals surface area (Å²) in [5.74, 6) is 0. The molecule has 45 heavy (non-hydrogen) atoms. The lowest BCUT2D eigenvalue weighted by Gasteiger charge is -2.16. The van der Waals surface area contributed by atoms with Crippen molar-refractivity contribution in [1.29, 1.82) is 0 Å². The molecule has 1 aliphatic rings. The lowest BCUT2D eigenvalue weighted by molar-refractivity contribution is 0.589. The maximum Gasteiger partial charge on any atom is 0.270 e. The third-order valence-electron chi connectivity index (χ3n) is 8.86. The van der Waals surface area contributed by atoms with Gasteiger partial charge in [0.25, 0.3) is 10.0 Å². The largest absolute Gasteiger partial charge is 0.305 e. The molecular weight excluding hydrogens is 573 g/mol. The summed E-state index contributed by atoms with van der Waals surface area (Å²) in [6.07, 6.45) is 0. The molecule has 0 unspecified atom stereocenters. The first kappa shape index (κ1) is 25.8. The van der Waals surface area contributed by atoms with E-state index in [0.717, 1.165) is 55.4 Å². The minimum absolute atomic E-state index is 0.267. The van der Waals surface area contributed by atoms with Crippen molar-refractivity contribution < 1.29 is 8.42 Å². The Morgan fingerprint density at radius 2 is 0.822 bits per heavy atom. The number of hydrogen-bond acceptors (Lipinski definition) is 2. The van der Waals surface area contributed by atoms with E-state index in [1.54, 1.807) is 10.0 Å². The number of benzene rings is 6. The van der Waals surface area contributed by atoms with Crippen LogP contribution in [0, 0.1) is 0 Å². The Balaban J connectivity index is 1.61. The highest BCUT2D eigenvalue weighted by Crippen LogP contribution is 2.52. The van der Waals surface area contributed by atoms with Crippen LogP contribution < -0.4 is 0 Å². The Hall–Kier alpha value is -5.65. The smallest absolute Gasteiger partial charge is 0.270 e. The Labute approximate surface area is 261 Å². The van der Waals surface area contributed by atoms with Crippen molar-refractivity contribution in [2.24, 2.45) is 0 Å². The molecule has 1 aliphatic heterocycles. The molecule has 3 heterocycles. The number of para-hydroxylation sites is 1. The van der Waals surface area contributed by atoms with E-state index in [-0.39, 0.29) is 4.90 Å². The highest BCUT2D eigenvalue weighted by molar-refractivity contribution is 7.90. The maximum absolute atomic E-state index is 15.1. The molecule has 0 aliphatic carbocycles. The average Bonchev–Trinajstić information content (AvgIpc) is 3.62. The van der Waals surface area contributed by atoms with Gasteiger partial charge in [0.2, 0.25) is 0 Å². The molecule has 214 valence electrons. The fraction of sp³-hybridized carbons (Fsp3) is 0. The molecule has 4 nitrogen and oxygen atoms in total. The monoisotopic (exact) mass is 598 g/mol. The van der Waals surface area contributed by atoms with Gasteiger partial charge in [-0.2, -0.15) is 0 Å². The van der Waals surface area contributed by atoms with E-state index in [9.17, 15) is 0 Å². The quantitative estimate of drug-likeness (QED) is 0.202. The van der Waals surface area contributed by atoms with Gasteiger partial charge in [-0.1, -0.05) is 146 Å². The second-order valence-electron chi connectivity index (χ2n) is 11.3. The Bertz CT molecular complexity index is 2510. The highest BCUT2D eigenvalue weighted by Gasteiger charge is 2.37. The van der Waals surface area contributed by atoms with Gasteiger partial charge < -0.3 is 4.57 Å². The molecule has 0 saturated carbocycles. The van der Waals surface area contributed by atoms with Gasteiger partial charge in [-0.25, -0.2) is 12.4 Å².